The first kappa shape index (κ1) is 19.3. The number of aryl methyl sites for hydroxylation is 1. The number of benzene rings is 1. The van der Waals surface area contributed by atoms with Gasteiger partial charge in [-0.25, -0.2) is 19.7 Å². The van der Waals surface area contributed by atoms with Crippen LogP contribution in [0.3, 0.4) is 0 Å². The molecule has 7 heteroatoms. The highest BCUT2D eigenvalue weighted by molar-refractivity contribution is 5.95. The van der Waals surface area contributed by atoms with E-state index in [4.69, 9.17) is 10.5 Å². The van der Waals surface area contributed by atoms with Gasteiger partial charge in [0.05, 0.1) is 11.4 Å². The summed E-state index contributed by atoms with van der Waals surface area (Å²) < 4.78 is 5.60. The van der Waals surface area contributed by atoms with E-state index in [-0.39, 0.29) is 5.95 Å². The first-order valence-corrected chi connectivity index (χ1v) is 8.87. The molecule has 144 valence electrons. The van der Waals surface area contributed by atoms with Crippen LogP contribution in [0.5, 0.6) is 0 Å². The molecule has 7 nitrogen and oxygen atoms in total. The lowest BCUT2D eigenvalue weighted by Gasteiger charge is -2.27. The maximum Gasteiger partial charge on any atom is 0.421 e. The highest BCUT2D eigenvalue weighted by Crippen LogP contribution is 2.31. The summed E-state index contributed by atoms with van der Waals surface area (Å²) >= 11 is 0. The van der Waals surface area contributed by atoms with E-state index in [1.165, 1.54) is 4.90 Å². The standard InChI is InChI=1S/C21H23N5O2/c1-14-7-8-16(22)12-18(14)26(20(27)28-21(2,3)4)19-24-11-9-17(25-19)15-6-5-10-23-13-15/h5-13H,22H2,1-4H3. The Bertz CT molecular complexity index is 984. The molecule has 0 aliphatic heterocycles. The fourth-order valence-electron chi connectivity index (χ4n) is 2.59. The average molecular weight is 377 g/mol. The van der Waals surface area contributed by atoms with Crippen molar-refractivity contribution in [3.8, 4) is 11.3 Å². The lowest BCUT2D eigenvalue weighted by Crippen LogP contribution is -2.35. The summed E-state index contributed by atoms with van der Waals surface area (Å²) in [5.74, 6) is 0.198. The molecule has 0 radical (unpaired) electrons. The number of aromatic nitrogens is 3. The molecule has 1 aromatic carbocycles. The van der Waals surface area contributed by atoms with Crippen molar-refractivity contribution in [2.45, 2.75) is 33.3 Å². The van der Waals surface area contributed by atoms with E-state index in [1.807, 2.05) is 45.9 Å². The van der Waals surface area contributed by atoms with Crippen molar-refractivity contribution in [3.63, 3.8) is 0 Å². The van der Waals surface area contributed by atoms with Crippen molar-refractivity contribution in [1.82, 2.24) is 15.0 Å². The predicted octanol–water partition coefficient (Wildman–Crippen LogP) is 4.50. The number of carbonyl (C=O) groups excluding carboxylic acids is 1. The molecule has 28 heavy (non-hydrogen) atoms. The van der Waals surface area contributed by atoms with E-state index in [1.54, 1.807) is 36.8 Å². The predicted molar refractivity (Wildman–Crippen MR) is 109 cm³/mol. The number of amides is 1. The number of nitrogens with two attached hydrogens (primary N) is 1. The zero-order valence-electron chi connectivity index (χ0n) is 16.4. The number of hydrogen-bond donors (Lipinski definition) is 1. The van der Waals surface area contributed by atoms with Crippen LogP contribution in [0.4, 0.5) is 22.1 Å². The van der Waals surface area contributed by atoms with Gasteiger partial charge in [0.15, 0.2) is 0 Å². The largest absolute Gasteiger partial charge is 0.443 e. The van der Waals surface area contributed by atoms with Crippen LogP contribution in [0.15, 0.2) is 55.0 Å². The minimum atomic E-state index is -0.676. The van der Waals surface area contributed by atoms with Crippen LogP contribution in [0.2, 0.25) is 0 Å². The summed E-state index contributed by atoms with van der Waals surface area (Å²) in [6.07, 6.45) is 4.41. The molecule has 0 unspecified atom stereocenters. The number of hydrogen-bond acceptors (Lipinski definition) is 6. The summed E-state index contributed by atoms with van der Waals surface area (Å²) in [5, 5.41) is 0. The number of anilines is 3. The number of rotatable bonds is 3. The van der Waals surface area contributed by atoms with E-state index in [0.717, 1.165) is 11.1 Å². The van der Waals surface area contributed by atoms with Crippen molar-refractivity contribution in [2.24, 2.45) is 0 Å². The van der Waals surface area contributed by atoms with Gasteiger partial charge in [-0.05, 0) is 63.6 Å². The summed E-state index contributed by atoms with van der Waals surface area (Å²) in [7, 11) is 0. The van der Waals surface area contributed by atoms with Crippen molar-refractivity contribution in [3.05, 3.63) is 60.6 Å². The van der Waals surface area contributed by atoms with Gasteiger partial charge in [-0.3, -0.25) is 4.98 Å². The highest BCUT2D eigenvalue weighted by Gasteiger charge is 2.28. The van der Waals surface area contributed by atoms with Crippen LogP contribution < -0.4 is 10.6 Å². The van der Waals surface area contributed by atoms with Crippen LogP contribution in [0.1, 0.15) is 26.3 Å². The molecule has 0 aliphatic rings. The first-order chi connectivity index (χ1) is 13.2. The fraction of sp³-hybridized carbons (Fsp3) is 0.238. The second-order valence-corrected chi connectivity index (χ2v) is 7.35. The van der Waals surface area contributed by atoms with Crippen molar-refractivity contribution in [1.29, 1.82) is 0 Å². The number of ether oxygens (including phenoxy) is 1. The summed E-state index contributed by atoms with van der Waals surface area (Å²) in [4.78, 5) is 27.4. The second-order valence-electron chi connectivity index (χ2n) is 7.35. The van der Waals surface area contributed by atoms with Gasteiger partial charge in [0.2, 0.25) is 5.95 Å². The van der Waals surface area contributed by atoms with Gasteiger partial charge in [-0.15, -0.1) is 0 Å². The van der Waals surface area contributed by atoms with Crippen molar-refractivity contribution in [2.75, 3.05) is 10.6 Å². The van der Waals surface area contributed by atoms with Crippen molar-refractivity contribution < 1.29 is 9.53 Å². The Labute approximate surface area is 164 Å². The maximum atomic E-state index is 13.0. The molecule has 1 amide bonds. The molecular formula is C21H23N5O2. The van der Waals surface area contributed by atoms with Gasteiger partial charge >= 0.3 is 6.09 Å². The normalized spacial score (nSPS) is 11.1. The minimum absolute atomic E-state index is 0.198. The Hall–Kier alpha value is -3.48. The zero-order chi connectivity index (χ0) is 20.3. The topological polar surface area (TPSA) is 94.2 Å². The molecule has 0 aliphatic carbocycles. The van der Waals surface area contributed by atoms with Gasteiger partial charge in [-0.1, -0.05) is 6.07 Å². The van der Waals surface area contributed by atoms with Crippen LogP contribution in [0, 0.1) is 6.92 Å². The Morgan fingerprint density at radius 3 is 2.61 bits per heavy atom. The molecule has 2 aromatic heterocycles. The van der Waals surface area contributed by atoms with Gasteiger partial charge < -0.3 is 10.5 Å². The molecule has 0 bridgehead atoms. The average Bonchev–Trinajstić information content (AvgIpc) is 2.64. The Kier molecular flexibility index (Phi) is 5.26. The van der Waals surface area contributed by atoms with E-state index in [0.29, 0.717) is 17.1 Å². The summed E-state index contributed by atoms with van der Waals surface area (Å²) in [6.45, 7) is 7.31. The van der Waals surface area contributed by atoms with Crippen LogP contribution in [-0.2, 0) is 4.74 Å². The highest BCUT2D eigenvalue weighted by atomic mass is 16.6. The van der Waals surface area contributed by atoms with Gasteiger partial charge in [-0.2, -0.15) is 0 Å². The molecule has 3 aromatic rings. The number of pyridine rings is 1. The molecule has 0 fully saturated rings. The van der Waals surface area contributed by atoms with E-state index in [2.05, 4.69) is 15.0 Å². The SMILES string of the molecule is Cc1ccc(N)cc1N(C(=O)OC(C)(C)C)c1nccc(-c2cccnc2)n1. The number of nitrogens with zero attached hydrogens (tertiary/aromatic N) is 4. The maximum absolute atomic E-state index is 13.0. The van der Waals surface area contributed by atoms with E-state index >= 15 is 0 Å². The molecule has 2 heterocycles. The van der Waals surface area contributed by atoms with E-state index < -0.39 is 11.7 Å². The summed E-state index contributed by atoms with van der Waals surface area (Å²) in [5.41, 5.74) is 8.69. The number of nitrogen functional groups attached to an aromatic ring is 1. The van der Waals surface area contributed by atoms with Crippen LogP contribution >= 0.6 is 0 Å². The Balaban J connectivity index is 2.12. The minimum Gasteiger partial charge on any atom is -0.443 e. The lowest BCUT2D eigenvalue weighted by atomic mass is 10.1. The van der Waals surface area contributed by atoms with Gasteiger partial charge in [0.1, 0.15) is 5.60 Å². The molecule has 3 rings (SSSR count). The van der Waals surface area contributed by atoms with Crippen LogP contribution in [-0.4, -0.2) is 26.6 Å². The quantitative estimate of drug-likeness (QED) is 0.675. The molecular weight excluding hydrogens is 354 g/mol. The molecule has 0 saturated carbocycles. The third-order valence-corrected chi connectivity index (χ3v) is 3.85. The third kappa shape index (κ3) is 4.43. The Morgan fingerprint density at radius 1 is 1.14 bits per heavy atom. The van der Waals surface area contributed by atoms with E-state index in [9.17, 15) is 4.79 Å². The molecule has 2 N–H and O–H groups in total. The summed E-state index contributed by atoms with van der Waals surface area (Å²) in [6, 6.07) is 10.8. The molecule has 0 atom stereocenters. The lowest BCUT2D eigenvalue weighted by molar-refractivity contribution is 0.0597. The fourth-order valence-corrected chi connectivity index (χ4v) is 2.59. The second kappa shape index (κ2) is 7.64. The van der Waals surface area contributed by atoms with Crippen molar-refractivity contribution >= 4 is 23.4 Å². The number of carbonyl (C=O) groups is 1. The molecule has 0 saturated heterocycles. The third-order valence-electron chi connectivity index (χ3n) is 3.85. The Morgan fingerprint density at radius 2 is 1.93 bits per heavy atom. The van der Waals surface area contributed by atoms with Gasteiger partial charge in [0, 0.05) is 29.8 Å². The van der Waals surface area contributed by atoms with Gasteiger partial charge in [0.25, 0.3) is 0 Å². The van der Waals surface area contributed by atoms with Crippen LogP contribution in [0.25, 0.3) is 11.3 Å². The molecule has 0 spiro atoms. The monoisotopic (exact) mass is 377 g/mol. The first-order valence-electron chi connectivity index (χ1n) is 8.87. The smallest absolute Gasteiger partial charge is 0.421 e. The zero-order valence-corrected chi connectivity index (χ0v) is 16.4.